The molecular formula is C14H20BrClN2O3. The Balaban J connectivity index is 0.00000400. The van der Waals surface area contributed by atoms with E-state index in [1.54, 1.807) is 18.2 Å². The number of methoxy groups -OCH3 is 1. The van der Waals surface area contributed by atoms with Crippen molar-refractivity contribution < 1.29 is 14.3 Å². The van der Waals surface area contributed by atoms with Crippen LogP contribution in [0.5, 0.6) is 5.75 Å². The molecule has 0 spiro atoms. The lowest BCUT2D eigenvalue weighted by molar-refractivity contribution is -0.121. The fraction of sp³-hybridized carbons (Fsp3) is 0.429. The molecule has 0 aliphatic heterocycles. The van der Waals surface area contributed by atoms with Crippen molar-refractivity contribution >= 4 is 40.0 Å². The molecule has 1 aromatic carbocycles. The lowest BCUT2D eigenvalue weighted by Crippen LogP contribution is -2.26. The van der Waals surface area contributed by atoms with Crippen molar-refractivity contribution in [3.05, 3.63) is 28.2 Å². The van der Waals surface area contributed by atoms with Gasteiger partial charge in [-0.05, 0) is 31.2 Å². The van der Waals surface area contributed by atoms with E-state index >= 15 is 0 Å². The number of nitrogens with one attached hydrogen (secondary N) is 1. The molecular weight excluding hydrogens is 360 g/mol. The molecule has 0 fully saturated rings. The van der Waals surface area contributed by atoms with Crippen LogP contribution in [-0.2, 0) is 4.79 Å². The second-order valence-corrected chi connectivity index (χ2v) is 5.18. The van der Waals surface area contributed by atoms with Gasteiger partial charge in [-0.1, -0.05) is 15.9 Å². The van der Waals surface area contributed by atoms with E-state index in [4.69, 9.17) is 10.5 Å². The van der Waals surface area contributed by atoms with Crippen molar-refractivity contribution in [2.45, 2.75) is 19.3 Å². The van der Waals surface area contributed by atoms with Crippen LogP contribution in [0.2, 0.25) is 0 Å². The van der Waals surface area contributed by atoms with E-state index in [0.29, 0.717) is 24.4 Å². The molecule has 0 unspecified atom stereocenters. The molecule has 3 N–H and O–H groups in total. The summed E-state index contributed by atoms with van der Waals surface area (Å²) in [4.78, 5) is 23.6. The van der Waals surface area contributed by atoms with Gasteiger partial charge >= 0.3 is 0 Å². The van der Waals surface area contributed by atoms with Crippen LogP contribution < -0.4 is 15.8 Å². The molecule has 0 saturated heterocycles. The number of ether oxygens (including phenoxy) is 1. The summed E-state index contributed by atoms with van der Waals surface area (Å²) in [6.45, 7) is 1.08. The lowest BCUT2D eigenvalue weighted by atomic mass is 10.1. The van der Waals surface area contributed by atoms with Crippen molar-refractivity contribution in [1.82, 2.24) is 5.32 Å². The molecule has 118 valence electrons. The Labute approximate surface area is 139 Å². The van der Waals surface area contributed by atoms with Crippen LogP contribution in [0.1, 0.15) is 29.6 Å². The summed E-state index contributed by atoms with van der Waals surface area (Å²) >= 11 is 3.32. The van der Waals surface area contributed by atoms with E-state index in [1.165, 1.54) is 7.11 Å². The number of benzene rings is 1. The molecule has 0 aliphatic rings. The monoisotopic (exact) mass is 378 g/mol. The smallest absolute Gasteiger partial charge is 0.220 e. The lowest BCUT2D eigenvalue weighted by Gasteiger charge is -2.08. The van der Waals surface area contributed by atoms with Crippen LogP contribution in [0, 0.1) is 0 Å². The van der Waals surface area contributed by atoms with Gasteiger partial charge in [0.1, 0.15) is 5.75 Å². The molecule has 0 saturated carbocycles. The Morgan fingerprint density at radius 2 is 2.05 bits per heavy atom. The minimum atomic E-state index is -0.138. The minimum Gasteiger partial charge on any atom is -0.496 e. The molecule has 5 nitrogen and oxygen atoms in total. The van der Waals surface area contributed by atoms with Crippen molar-refractivity contribution in [2.24, 2.45) is 5.73 Å². The highest BCUT2D eigenvalue weighted by molar-refractivity contribution is 9.10. The third kappa shape index (κ3) is 6.93. The predicted molar refractivity (Wildman–Crippen MR) is 88.2 cm³/mol. The number of Topliss-reactive ketones (excluding diaryl/α,β-unsaturated/α-hetero) is 1. The largest absolute Gasteiger partial charge is 0.496 e. The number of amides is 1. The molecule has 1 rings (SSSR count). The van der Waals surface area contributed by atoms with E-state index in [2.05, 4.69) is 21.2 Å². The van der Waals surface area contributed by atoms with Crippen molar-refractivity contribution in [2.75, 3.05) is 20.2 Å². The average molecular weight is 380 g/mol. The van der Waals surface area contributed by atoms with Gasteiger partial charge in [-0.2, -0.15) is 0 Å². The Morgan fingerprint density at radius 1 is 1.33 bits per heavy atom. The molecule has 1 aromatic rings. The molecule has 0 aromatic heterocycles. The number of nitrogens with two attached hydrogens (primary N) is 1. The van der Waals surface area contributed by atoms with Crippen LogP contribution in [0.25, 0.3) is 0 Å². The summed E-state index contributed by atoms with van der Waals surface area (Å²) in [5.41, 5.74) is 5.82. The van der Waals surface area contributed by atoms with Crippen molar-refractivity contribution in [1.29, 1.82) is 0 Å². The molecule has 0 aliphatic carbocycles. The fourth-order valence-corrected chi connectivity index (χ4v) is 2.04. The molecule has 7 heteroatoms. The minimum absolute atomic E-state index is 0. The fourth-order valence-electron chi connectivity index (χ4n) is 1.68. The summed E-state index contributed by atoms with van der Waals surface area (Å²) in [7, 11) is 1.51. The zero-order valence-corrected chi connectivity index (χ0v) is 14.3. The summed E-state index contributed by atoms with van der Waals surface area (Å²) in [6.07, 6.45) is 1.06. The Morgan fingerprint density at radius 3 is 2.67 bits per heavy atom. The van der Waals surface area contributed by atoms with Gasteiger partial charge in [-0.25, -0.2) is 0 Å². The number of rotatable bonds is 8. The predicted octanol–water partition coefficient (Wildman–Crippen LogP) is 2.31. The van der Waals surface area contributed by atoms with Crippen LogP contribution in [-0.4, -0.2) is 31.9 Å². The summed E-state index contributed by atoms with van der Waals surface area (Å²) in [6, 6.07) is 5.22. The van der Waals surface area contributed by atoms with Gasteiger partial charge in [-0.3, -0.25) is 9.59 Å². The normalized spacial score (nSPS) is 9.67. The van der Waals surface area contributed by atoms with E-state index in [1.807, 2.05) is 0 Å². The number of carbonyl (C=O) groups is 2. The van der Waals surface area contributed by atoms with E-state index in [-0.39, 0.29) is 36.9 Å². The van der Waals surface area contributed by atoms with Gasteiger partial charge in [-0.15, -0.1) is 12.4 Å². The van der Waals surface area contributed by atoms with Gasteiger partial charge < -0.3 is 15.8 Å². The second kappa shape index (κ2) is 10.6. The Kier molecular flexibility index (Phi) is 10.0. The number of hydrogen-bond donors (Lipinski definition) is 2. The van der Waals surface area contributed by atoms with Crippen molar-refractivity contribution in [3.8, 4) is 5.75 Å². The van der Waals surface area contributed by atoms with Gasteiger partial charge in [0.15, 0.2) is 5.78 Å². The molecule has 0 heterocycles. The molecule has 0 atom stereocenters. The van der Waals surface area contributed by atoms with Gasteiger partial charge in [0.05, 0.1) is 12.7 Å². The van der Waals surface area contributed by atoms with Gasteiger partial charge in [0.25, 0.3) is 0 Å². The third-order valence-corrected chi connectivity index (χ3v) is 3.24. The summed E-state index contributed by atoms with van der Waals surface area (Å²) in [5.74, 6) is 0.264. The number of halogens is 2. The first kappa shape index (κ1) is 19.9. The van der Waals surface area contributed by atoms with E-state index in [0.717, 1.165) is 10.9 Å². The maximum Gasteiger partial charge on any atom is 0.220 e. The number of ketones is 1. The zero-order chi connectivity index (χ0) is 15.0. The Hall–Kier alpha value is -1.11. The van der Waals surface area contributed by atoms with Crippen LogP contribution in [0.4, 0.5) is 0 Å². The first-order valence-corrected chi connectivity index (χ1v) is 7.21. The highest BCUT2D eigenvalue weighted by Crippen LogP contribution is 2.24. The van der Waals surface area contributed by atoms with E-state index in [9.17, 15) is 9.59 Å². The second-order valence-electron chi connectivity index (χ2n) is 4.26. The van der Waals surface area contributed by atoms with Crippen molar-refractivity contribution in [3.63, 3.8) is 0 Å². The molecule has 0 radical (unpaired) electrons. The first-order valence-electron chi connectivity index (χ1n) is 6.42. The SMILES string of the molecule is COc1ccc(Br)cc1C(=O)CCC(=O)NCCCN.Cl. The topological polar surface area (TPSA) is 81.4 Å². The number of hydrogen-bond acceptors (Lipinski definition) is 4. The van der Waals surface area contributed by atoms with Crippen LogP contribution in [0.15, 0.2) is 22.7 Å². The van der Waals surface area contributed by atoms with Crippen LogP contribution >= 0.6 is 28.3 Å². The highest BCUT2D eigenvalue weighted by Gasteiger charge is 2.14. The summed E-state index contributed by atoms with van der Waals surface area (Å²) in [5, 5.41) is 2.72. The van der Waals surface area contributed by atoms with Gasteiger partial charge in [0, 0.05) is 23.9 Å². The molecule has 0 bridgehead atoms. The zero-order valence-electron chi connectivity index (χ0n) is 11.9. The molecule has 21 heavy (non-hydrogen) atoms. The number of carbonyl (C=O) groups excluding carboxylic acids is 2. The Bertz CT molecular complexity index is 483. The molecule has 1 amide bonds. The van der Waals surface area contributed by atoms with Crippen LogP contribution in [0.3, 0.4) is 0 Å². The van der Waals surface area contributed by atoms with E-state index < -0.39 is 0 Å². The maximum absolute atomic E-state index is 12.1. The highest BCUT2D eigenvalue weighted by atomic mass is 79.9. The standard InChI is InChI=1S/C14H19BrN2O3.ClH/c1-20-13-5-3-10(15)9-11(13)12(18)4-6-14(19)17-8-2-7-16;/h3,5,9H,2,4,6-8,16H2,1H3,(H,17,19);1H. The first-order chi connectivity index (χ1) is 9.58. The maximum atomic E-state index is 12.1. The summed E-state index contributed by atoms with van der Waals surface area (Å²) < 4.78 is 5.95. The third-order valence-electron chi connectivity index (χ3n) is 2.74. The van der Waals surface area contributed by atoms with Gasteiger partial charge in [0.2, 0.25) is 5.91 Å². The quantitative estimate of drug-likeness (QED) is 0.536. The average Bonchev–Trinajstić information content (AvgIpc) is 2.45.